The molecule has 6 nitrogen and oxygen atoms in total. The Morgan fingerprint density at radius 1 is 0.714 bits per heavy atom. The molecule has 0 amide bonds. The Bertz CT molecular complexity index is 1310. The summed E-state index contributed by atoms with van der Waals surface area (Å²) >= 11 is 0. The number of carbonyl (C=O) groups is 2. The van der Waals surface area contributed by atoms with E-state index < -0.39 is 11.9 Å². The summed E-state index contributed by atoms with van der Waals surface area (Å²) < 4.78 is 18.3. The van der Waals surface area contributed by atoms with E-state index in [1.807, 2.05) is 96.4 Å². The molecule has 0 bridgehead atoms. The molecule has 0 radical (unpaired) electrons. The first-order valence-electron chi connectivity index (χ1n) is 11.2. The van der Waals surface area contributed by atoms with Gasteiger partial charge in [-0.25, -0.2) is 9.59 Å². The van der Waals surface area contributed by atoms with E-state index in [1.54, 1.807) is 0 Å². The first-order valence-corrected chi connectivity index (χ1v) is 11.2. The van der Waals surface area contributed by atoms with E-state index in [-0.39, 0.29) is 23.6 Å². The Morgan fingerprint density at radius 3 is 1.83 bits per heavy atom. The molecule has 35 heavy (non-hydrogen) atoms. The van der Waals surface area contributed by atoms with Crippen molar-refractivity contribution in [3.8, 4) is 17.1 Å². The molecular weight excluding hydrogens is 442 g/mol. The van der Waals surface area contributed by atoms with Gasteiger partial charge in [0.25, 0.3) is 0 Å². The molecule has 1 aromatic heterocycles. The molecule has 0 saturated carbocycles. The van der Waals surface area contributed by atoms with Crippen LogP contribution in [0.4, 0.5) is 0 Å². The number of rotatable bonds is 8. The van der Waals surface area contributed by atoms with Crippen LogP contribution in [0.3, 0.4) is 0 Å². The summed E-state index contributed by atoms with van der Waals surface area (Å²) in [6.07, 6.45) is 0. The fourth-order valence-corrected chi connectivity index (χ4v) is 3.99. The smallest absolute Gasteiger partial charge is 0.344 e. The monoisotopic (exact) mass is 469 g/mol. The van der Waals surface area contributed by atoms with Gasteiger partial charge in [-0.15, -0.1) is 0 Å². The van der Waals surface area contributed by atoms with Crippen molar-refractivity contribution < 1.29 is 23.8 Å². The maximum absolute atomic E-state index is 13.1. The SMILES string of the molecule is COC(=O)c1c(C(=O)OC)c(-c2ccc(C)cc2)n(Cc2ccccc2)c1OCc1ccccc1. The molecule has 0 saturated heterocycles. The van der Waals surface area contributed by atoms with Crippen molar-refractivity contribution in [3.05, 3.63) is 113 Å². The summed E-state index contributed by atoms with van der Waals surface area (Å²) in [6.45, 7) is 2.56. The maximum Gasteiger partial charge on any atom is 0.344 e. The summed E-state index contributed by atoms with van der Waals surface area (Å²) in [4.78, 5) is 26.2. The molecule has 0 spiro atoms. The van der Waals surface area contributed by atoms with Crippen molar-refractivity contribution in [2.75, 3.05) is 14.2 Å². The molecule has 0 N–H and O–H groups in total. The van der Waals surface area contributed by atoms with Crippen LogP contribution >= 0.6 is 0 Å². The number of ether oxygens (including phenoxy) is 3. The van der Waals surface area contributed by atoms with Crippen LogP contribution in [-0.2, 0) is 22.6 Å². The number of carbonyl (C=O) groups excluding carboxylic acids is 2. The van der Waals surface area contributed by atoms with Gasteiger partial charge in [-0.05, 0) is 23.6 Å². The van der Waals surface area contributed by atoms with Crippen LogP contribution in [0, 0.1) is 6.92 Å². The molecule has 3 aromatic carbocycles. The minimum atomic E-state index is -0.673. The molecule has 0 aliphatic rings. The Morgan fingerprint density at radius 2 is 1.26 bits per heavy atom. The van der Waals surface area contributed by atoms with E-state index in [0.29, 0.717) is 12.2 Å². The lowest BCUT2D eigenvalue weighted by atomic mass is 10.0. The van der Waals surface area contributed by atoms with E-state index in [2.05, 4.69) is 0 Å². The molecule has 0 aliphatic carbocycles. The molecule has 6 heteroatoms. The van der Waals surface area contributed by atoms with Crippen molar-refractivity contribution in [2.24, 2.45) is 0 Å². The van der Waals surface area contributed by atoms with Gasteiger partial charge in [-0.1, -0.05) is 90.5 Å². The highest BCUT2D eigenvalue weighted by Gasteiger charge is 2.34. The minimum absolute atomic E-state index is 0.0433. The Labute approximate surface area is 204 Å². The Balaban J connectivity index is 1.99. The average molecular weight is 470 g/mol. The van der Waals surface area contributed by atoms with E-state index >= 15 is 0 Å². The van der Waals surface area contributed by atoms with Crippen LogP contribution in [0.2, 0.25) is 0 Å². The summed E-state index contributed by atoms with van der Waals surface area (Å²) in [5.74, 6) is -1.06. The summed E-state index contributed by atoms with van der Waals surface area (Å²) in [5.41, 5.74) is 4.42. The Hall–Kier alpha value is -4.32. The molecule has 0 aliphatic heterocycles. The maximum atomic E-state index is 13.1. The van der Waals surface area contributed by atoms with Crippen molar-refractivity contribution in [1.82, 2.24) is 4.57 Å². The van der Waals surface area contributed by atoms with Crippen LogP contribution < -0.4 is 4.74 Å². The van der Waals surface area contributed by atoms with Crippen molar-refractivity contribution in [3.63, 3.8) is 0 Å². The molecule has 0 atom stereocenters. The summed E-state index contributed by atoms with van der Waals surface area (Å²) in [7, 11) is 2.58. The predicted molar refractivity (Wildman–Crippen MR) is 134 cm³/mol. The molecule has 4 rings (SSSR count). The van der Waals surface area contributed by atoms with E-state index in [4.69, 9.17) is 14.2 Å². The zero-order valence-corrected chi connectivity index (χ0v) is 20.0. The molecule has 178 valence electrons. The molecule has 0 fully saturated rings. The van der Waals surface area contributed by atoms with E-state index in [1.165, 1.54) is 14.2 Å². The van der Waals surface area contributed by atoms with Crippen LogP contribution in [0.15, 0.2) is 84.9 Å². The molecule has 0 unspecified atom stereocenters. The quantitative estimate of drug-likeness (QED) is 0.311. The number of hydrogen-bond donors (Lipinski definition) is 0. The van der Waals surface area contributed by atoms with Crippen LogP contribution in [0.25, 0.3) is 11.3 Å². The zero-order valence-electron chi connectivity index (χ0n) is 20.0. The second kappa shape index (κ2) is 10.7. The van der Waals surface area contributed by atoms with Crippen LogP contribution in [0.5, 0.6) is 5.88 Å². The second-order valence-corrected chi connectivity index (χ2v) is 8.10. The number of esters is 2. The standard InChI is InChI=1S/C29H27NO5/c1-20-14-16-23(17-15-20)26-24(28(31)33-2)25(29(32)34-3)27(35-19-22-12-8-5-9-13-22)30(26)18-21-10-6-4-7-11-21/h4-17H,18-19H2,1-3H3. The third-order valence-corrected chi connectivity index (χ3v) is 5.72. The number of aryl methyl sites for hydroxylation is 1. The Kier molecular flexibility index (Phi) is 7.31. The highest BCUT2D eigenvalue weighted by molar-refractivity contribution is 6.09. The highest BCUT2D eigenvalue weighted by Crippen LogP contribution is 2.39. The number of benzene rings is 3. The predicted octanol–water partition coefficient (Wildman–Crippen LogP) is 5.66. The van der Waals surface area contributed by atoms with Gasteiger partial charge in [0, 0.05) is 0 Å². The fraction of sp³-hybridized carbons (Fsp3) is 0.172. The van der Waals surface area contributed by atoms with Gasteiger partial charge < -0.3 is 18.8 Å². The van der Waals surface area contributed by atoms with Gasteiger partial charge in [-0.2, -0.15) is 0 Å². The van der Waals surface area contributed by atoms with Gasteiger partial charge >= 0.3 is 11.9 Å². The van der Waals surface area contributed by atoms with Crippen molar-refractivity contribution in [2.45, 2.75) is 20.1 Å². The lowest BCUT2D eigenvalue weighted by Crippen LogP contribution is -2.12. The number of nitrogens with zero attached hydrogens (tertiary/aromatic N) is 1. The normalized spacial score (nSPS) is 10.6. The first kappa shape index (κ1) is 23.8. The van der Waals surface area contributed by atoms with Gasteiger partial charge in [-0.3, -0.25) is 0 Å². The topological polar surface area (TPSA) is 66.8 Å². The van der Waals surface area contributed by atoms with E-state index in [0.717, 1.165) is 22.3 Å². The molecule has 4 aromatic rings. The van der Waals surface area contributed by atoms with Crippen LogP contribution in [-0.4, -0.2) is 30.7 Å². The number of aromatic nitrogens is 1. The highest BCUT2D eigenvalue weighted by atomic mass is 16.5. The third-order valence-electron chi connectivity index (χ3n) is 5.72. The lowest BCUT2D eigenvalue weighted by Gasteiger charge is -2.16. The van der Waals surface area contributed by atoms with Gasteiger partial charge in [0.1, 0.15) is 17.7 Å². The van der Waals surface area contributed by atoms with Crippen LogP contribution in [0.1, 0.15) is 37.4 Å². The van der Waals surface area contributed by atoms with Gasteiger partial charge in [0.05, 0.1) is 26.5 Å². The molecule has 1 heterocycles. The zero-order chi connectivity index (χ0) is 24.8. The second-order valence-electron chi connectivity index (χ2n) is 8.10. The largest absolute Gasteiger partial charge is 0.473 e. The van der Waals surface area contributed by atoms with Gasteiger partial charge in [0.2, 0.25) is 5.88 Å². The third kappa shape index (κ3) is 5.11. The average Bonchev–Trinajstić information content (AvgIpc) is 3.21. The number of methoxy groups -OCH3 is 2. The minimum Gasteiger partial charge on any atom is -0.473 e. The van der Waals surface area contributed by atoms with Crippen molar-refractivity contribution >= 4 is 11.9 Å². The summed E-state index contributed by atoms with van der Waals surface area (Å²) in [6, 6.07) is 27.2. The summed E-state index contributed by atoms with van der Waals surface area (Å²) in [5, 5.41) is 0. The molecular formula is C29H27NO5. The van der Waals surface area contributed by atoms with Crippen molar-refractivity contribution in [1.29, 1.82) is 0 Å². The van der Waals surface area contributed by atoms with Gasteiger partial charge in [0.15, 0.2) is 0 Å². The first-order chi connectivity index (χ1) is 17.0. The van der Waals surface area contributed by atoms with E-state index in [9.17, 15) is 9.59 Å². The fourth-order valence-electron chi connectivity index (χ4n) is 3.99. The number of hydrogen-bond acceptors (Lipinski definition) is 5. The lowest BCUT2D eigenvalue weighted by molar-refractivity contribution is 0.0553.